The number of hydrogen-bond donors (Lipinski definition) is 2. The number of aromatic amines is 1. The van der Waals surface area contributed by atoms with Crippen molar-refractivity contribution < 1.29 is 8.60 Å². The van der Waals surface area contributed by atoms with Crippen LogP contribution in [0, 0.1) is 11.7 Å². The third-order valence-electron chi connectivity index (χ3n) is 4.89. The van der Waals surface area contributed by atoms with Gasteiger partial charge in [0.2, 0.25) is 0 Å². The van der Waals surface area contributed by atoms with Crippen LogP contribution in [0.4, 0.5) is 4.39 Å². The van der Waals surface area contributed by atoms with Crippen LogP contribution in [0.1, 0.15) is 13.3 Å². The zero-order valence-corrected chi connectivity index (χ0v) is 15.7. The van der Waals surface area contributed by atoms with E-state index in [2.05, 4.69) is 27.2 Å². The molecule has 0 saturated carbocycles. The first-order chi connectivity index (χ1) is 12.5. The van der Waals surface area contributed by atoms with Gasteiger partial charge in [-0.2, -0.15) is 0 Å². The monoisotopic (exact) mass is 395 g/mol. The van der Waals surface area contributed by atoms with Gasteiger partial charge in [-0.05, 0) is 24.9 Å². The van der Waals surface area contributed by atoms with Crippen molar-refractivity contribution in [3.63, 3.8) is 0 Å². The summed E-state index contributed by atoms with van der Waals surface area (Å²) in [5, 5.41) is 3.82. The standard InChI is InChI=1S/C17H19ClFN5OS/c1-10-11(18)2-3-21-15(10)8-26(25)17-22-13-6-12(19)16(7-14(13)23-17)24-5-4-20-9-24/h4-7,9-11,15,21H,2-3,8H2,1H3,(H,22,23). The summed E-state index contributed by atoms with van der Waals surface area (Å²) in [6.07, 6.45) is 5.67. The highest BCUT2D eigenvalue weighted by molar-refractivity contribution is 7.84. The van der Waals surface area contributed by atoms with Crippen LogP contribution >= 0.6 is 11.6 Å². The van der Waals surface area contributed by atoms with Gasteiger partial charge in [0, 0.05) is 35.6 Å². The molecule has 2 N–H and O–H groups in total. The summed E-state index contributed by atoms with van der Waals surface area (Å²) in [5.74, 6) is 0.245. The molecule has 2 aromatic heterocycles. The summed E-state index contributed by atoms with van der Waals surface area (Å²) in [4.78, 5) is 11.3. The Balaban J connectivity index is 1.60. The molecule has 1 aromatic carbocycles. The van der Waals surface area contributed by atoms with Crippen molar-refractivity contribution in [2.75, 3.05) is 12.3 Å². The van der Waals surface area contributed by atoms with E-state index in [1.165, 1.54) is 12.4 Å². The summed E-state index contributed by atoms with van der Waals surface area (Å²) in [6.45, 7) is 2.89. The average Bonchev–Trinajstić information content (AvgIpc) is 3.27. The SMILES string of the molecule is CC1C(Cl)CCNC1CS(=O)c1nc2cc(-n3ccnc3)c(F)cc2[nH]1. The Morgan fingerprint density at radius 1 is 1.46 bits per heavy atom. The van der Waals surface area contributed by atoms with Crippen LogP contribution in [0.5, 0.6) is 0 Å². The van der Waals surface area contributed by atoms with E-state index in [0.29, 0.717) is 27.6 Å². The lowest BCUT2D eigenvalue weighted by Gasteiger charge is -2.33. The number of aromatic nitrogens is 4. The second-order valence-corrected chi connectivity index (χ2v) is 8.54. The van der Waals surface area contributed by atoms with Crippen LogP contribution in [0.25, 0.3) is 16.7 Å². The maximum absolute atomic E-state index is 14.4. The smallest absolute Gasteiger partial charge is 0.197 e. The summed E-state index contributed by atoms with van der Waals surface area (Å²) in [7, 11) is -1.33. The van der Waals surface area contributed by atoms with Gasteiger partial charge in [-0.3, -0.25) is 4.21 Å². The van der Waals surface area contributed by atoms with Crippen molar-refractivity contribution >= 4 is 33.4 Å². The first kappa shape index (κ1) is 17.6. The molecular formula is C17H19ClFN5OS. The molecule has 4 atom stereocenters. The molecule has 1 aliphatic heterocycles. The van der Waals surface area contributed by atoms with Crippen molar-refractivity contribution in [3.8, 4) is 5.69 Å². The predicted molar refractivity (Wildman–Crippen MR) is 99.7 cm³/mol. The molecule has 3 aromatic rings. The molecule has 6 nitrogen and oxygen atoms in total. The van der Waals surface area contributed by atoms with Gasteiger partial charge in [0.25, 0.3) is 0 Å². The van der Waals surface area contributed by atoms with E-state index in [9.17, 15) is 8.60 Å². The minimum absolute atomic E-state index is 0.0681. The van der Waals surface area contributed by atoms with Gasteiger partial charge in [-0.25, -0.2) is 14.4 Å². The number of nitrogens with zero attached hydrogens (tertiary/aromatic N) is 3. The molecule has 0 radical (unpaired) electrons. The number of imidazole rings is 2. The van der Waals surface area contributed by atoms with Gasteiger partial charge in [-0.1, -0.05) is 6.92 Å². The second-order valence-electron chi connectivity index (χ2n) is 6.57. The minimum Gasteiger partial charge on any atom is -0.331 e. The van der Waals surface area contributed by atoms with E-state index in [1.54, 1.807) is 23.0 Å². The van der Waals surface area contributed by atoms with E-state index >= 15 is 0 Å². The molecule has 26 heavy (non-hydrogen) atoms. The molecule has 0 bridgehead atoms. The fraction of sp³-hybridized carbons (Fsp3) is 0.412. The van der Waals surface area contributed by atoms with Gasteiger partial charge < -0.3 is 14.9 Å². The molecule has 9 heteroatoms. The highest BCUT2D eigenvalue weighted by Gasteiger charge is 2.30. The van der Waals surface area contributed by atoms with E-state index in [1.807, 2.05) is 0 Å². The Hall–Kier alpha value is -1.77. The topological polar surface area (TPSA) is 75.6 Å². The Morgan fingerprint density at radius 2 is 2.31 bits per heavy atom. The molecule has 4 rings (SSSR count). The number of benzene rings is 1. The molecule has 0 spiro atoms. The van der Waals surface area contributed by atoms with E-state index < -0.39 is 16.6 Å². The lowest BCUT2D eigenvalue weighted by atomic mass is 9.93. The van der Waals surface area contributed by atoms with Crippen LogP contribution in [-0.2, 0) is 10.8 Å². The summed E-state index contributed by atoms with van der Waals surface area (Å²) < 4.78 is 28.7. The summed E-state index contributed by atoms with van der Waals surface area (Å²) in [5.41, 5.74) is 1.44. The number of H-pyrrole nitrogens is 1. The van der Waals surface area contributed by atoms with Gasteiger partial charge in [-0.15, -0.1) is 11.6 Å². The van der Waals surface area contributed by atoms with E-state index in [4.69, 9.17) is 11.6 Å². The number of hydrogen-bond acceptors (Lipinski definition) is 4. The number of nitrogens with one attached hydrogen (secondary N) is 2. The van der Waals surface area contributed by atoms with Crippen molar-refractivity contribution in [3.05, 3.63) is 36.7 Å². The Morgan fingerprint density at radius 3 is 3.08 bits per heavy atom. The first-order valence-corrected chi connectivity index (χ1v) is 10.2. The highest BCUT2D eigenvalue weighted by Crippen LogP contribution is 2.25. The fourth-order valence-corrected chi connectivity index (χ4v) is 4.88. The Bertz CT molecular complexity index is 944. The first-order valence-electron chi connectivity index (χ1n) is 8.46. The van der Waals surface area contributed by atoms with Gasteiger partial charge in [0.15, 0.2) is 5.16 Å². The Kier molecular flexibility index (Phi) is 4.81. The largest absolute Gasteiger partial charge is 0.331 e. The van der Waals surface area contributed by atoms with Gasteiger partial charge >= 0.3 is 0 Å². The van der Waals surface area contributed by atoms with Crippen LogP contribution < -0.4 is 5.32 Å². The zero-order chi connectivity index (χ0) is 18.3. The van der Waals surface area contributed by atoms with Crippen molar-refractivity contribution in [2.45, 2.75) is 29.9 Å². The molecule has 1 fully saturated rings. The van der Waals surface area contributed by atoms with Crippen LogP contribution in [0.3, 0.4) is 0 Å². The lowest BCUT2D eigenvalue weighted by molar-refractivity contribution is 0.327. The number of halogens is 2. The van der Waals surface area contributed by atoms with E-state index in [-0.39, 0.29) is 17.3 Å². The third-order valence-corrected chi connectivity index (χ3v) is 6.79. The van der Waals surface area contributed by atoms with Crippen molar-refractivity contribution in [1.82, 2.24) is 24.8 Å². The zero-order valence-electron chi connectivity index (χ0n) is 14.2. The average molecular weight is 396 g/mol. The lowest BCUT2D eigenvalue weighted by Crippen LogP contribution is -2.48. The molecule has 4 unspecified atom stereocenters. The fourth-order valence-electron chi connectivity index (χ4n) is 3.26. The summed E-state index contributed by atoms with van der Waals surface area (Å²) in [6, 6.07) is 3.06. The molecule has 138 valence electrons. The number of rotatable bonds is 4. The highest BCUT2D eigenvalue weighted by atomic mass is 35.5. The maximum atomic E-state index is 14.4. The van der Waals surface area contributed by atoms with Gasteiger partial charge in [0.05, 0.1) is 33.8 Å². The van der Waals surface area contributed by atoms with Crippen LogP contribution in [0.2, 0.25) is 0 Å². The minimum atomic E-state index is -1.33. The maximum Gasteiger partial charge on any atom is 0.197 e. The molecule has 3 heterocycles. The molecule has 1 aliphatic rings. The molecular weight excluding hydrogens is 377 g/mol. The van der Waals surface area contributed by atoms with Crippen LogP contribution in [0.15, 0.2) is 36.0 Å². The van der Waals surface area contributed by atoms with Crippen LogP contribution in [-0.4, -0.2) is 47.4 Å². The molecule has 0 amide bonds. The Labute approximate surface area is 157 Å². The molecule has 1 saturated heterocycles. The number of alkyl halides is 1. The number of fused-ring (bicyclic) bond motifs is 1. The number of piperidine rings is 1. The predicted octanol–water partition coefficient (Wildman–Crippen LogP) is 2.60. The van der Waals surface area contributed by atoms with Crippen molar-refractivity contribution in [1.29, 1.82) is 0 Å². The summed E-state index contributed by atoms with van der Waals surface area (Å²) >= 11 is 6.33. The van der Waals surface area contributed by atoms with Gasteiger partial charge in [0.1, 0.15) is 5.82 Å². The second kappa shape index (κ2) is 7.09. The van der Waals surface area contributed by atoms with E-state index in [0.717, 1.165) is 13.0 Å². The third kappa shape index (κ3) is 3.28. The quantitative estimate of drug-likeness (QED) is 0.666. The normalized spacial score (nSPS) is 24.8. The van der Waals surface area contributed by atoms with Crippen molar-refractivity contribution in [2.24, 2.45) is 5.92 Å². The molecule has 0 aliphatic carbocycles.